The lowest BCUT2D eigenvalue weighted by atomic mass is 9.90. The molecule has 0 bridgehead atoms. The molecule has 0 aliphatic carbocycles. The van der Waals surface area contributed by atoms with E-state index in [-0.39, 0.29) is 11.5 Å². The number of hydrogen-bond donors (Lipinski definition) is 1. The molecule has 1 atom stereocenters. The van der Waals surface area contributed by atoms with Gasteiger partial charge < -0.3 is 19.5 Å². The summed E-state index contributed by atoms with van der Waals surface area (Å²) in [5.74, 6) is 0.917. The monoisotopic (exact) mass is 263 g/mol. The van der Waals surface area contributed by atoms with Crippen LogP contribution in [0.2, 0.25) is 0 Å². The lowest BCUT2D eigenvalue weighted by molar-refractivity contribution is -0.120. The summed E-state index contributed by atoms with van der Waals surface area (Å²) in [5.41, 5.74) is 1.40. The van der Waals surface area contributed by atoms with Crippen LogP contribution in [0.1, 0.15) is 18.6 Å². The molecule has 0 saturated carbocycles. The van der Waals surface area contributed by atoms with Crippen molar-refractivity contribution in [3.63, 3.8) is 0 Å². The molecule has 1 N–H and O–H groups in total. The summed E-state index contributed by atoms with van der Waals surface area (Å²) < 4.78 is 16.8. The predicted octanol–water partition coefficient (Wildman–Crippen LogP) is 1.76. The van der Waals surface area contributed by atoms with Crippen LogP contribution in [0.3, 0.4) is 0 Å². The van der Waals surface area contributed by atoms with Gasteiger partial charge in [0.05, 0.1) is 32.5 Å². The zero-order valence-electron chi connectivity index (χ0n) is 11.4. The minimum atomic E-state index is 0.167. The minimum Gasteiger partial charge on any atom is -0.493 e. The molecule has 2 heterocycles. The maximum Gasteiger partial charge on any atom is 0.119 e. The van der Waals surface area contributed by atoms with Crippen molar-refractivity contribution in [1.29, 1.82) is 0 Å². The maximum absolute atomic E-state index is 5.82. The van der Waals surface area contributed by atoms with Crippen molar-refractivity contribution in [1.82, 2.24) is 5.32 Å². The summed E-state index contributed by atoms with van der Waals surface area (Å²) in [6, 6.07) is 8.23. The highest BCUT2D eigenvalue weighted by Crippen LogP contribution is 2.28. The van der Waals surface area contributed by atoms with Gasteiger partial charge in [-0.1, -0.05) is 19.1 Å². The molecule has 2 saturated heterocycles. The van der Waals surface area contributed by atoms with Crippen molar-refractivity contribution >= 4 is 0 Å². The largest absolute Gasteiger partial charge is 0.493 e. The van der Waals surface area contributed by atoms with Crippen LogP contribution in [0.25, 0.3) is 0 Å². The number of benzene rings is 1. The fourth-order valence-electron chi connectivity index (χ4n) is 2.35. The topological polar surface area (TPSA) is 39.7 Å². The van der Waals surface area contributed by atoms with Gasteiger partial charge in [-0.25, -0.2) is 0 Å². The van der Waals surface area contributed by atoms with Gasteiger partial charge in [0.2, 0.25) is 0 Å². The highest BCUT2D eigenvalue weighted by Gasteiger charge is 2.34. The van der Waals surface area contributed by atoms with Gasteiger partial charge in [0, 0.05) is 18.5 Å². The smallest absolute Gasteiger partial charge is 0.119 e. The number of rotatable bonds is 4. The molecule has 104 valence electrons. The SMILES string of the molecule is CC1(COc2ccc(C3CNCCO3)cc2)COC1. The first-order valence-corrected chi connectivity index (χ1v) is 6.88. The first-order valence-electron chi connectivity index (χ1n) is 6.88. The highest BCUT2D eigenvalue weighted by atomic mass is 16.5. The first-order chi connectivity index (χ1) is 9.25. The summed E-state index contributed by atoms with van der Waals surface area (Å²) in [7, 11) is 0. The number of ether oxygens (including phenoxy) is 3. The molecule has 0 radical (unpaired) electrons. The fraction of sp³-hybridized carbons (Fsp3) is 0.600. The van der Waals surface area contributed by atoms with Gasteiger partial charge in [-0.15, -0.1) is 0 Å². The van der Waals surface area contributed by atoms with Crippen LogP contribution in [0.15, 0.2) is 24.3 Å². The Morgan fingerprint density at radius 1 is 1.32 bits per heavy atom. The normalized spacial score (nSPS) is 25.6. The van der Waals surface area contributed by atoms with Crippen LogP contribution in [0.5, 0.6) is 5.75 Å². The molecule has 4 heteroatoms. The van der Waals surface area contributed by atoms with Crippen molar-refractivity contribution in [3.05, 3.63) is 29.8 Å². The van der Waals surface area contributed by atoms with Gasteiger partial charge in [-0.2, -0.15) is 0 Å². The average molecular weight is 263 g/mol. The van der Waals surface area contributed by atoms with Crippen LogP contribution in [-0.2, 0) is 9.47 Å². The van der Waals surface area contributed by atoms with Crippen molar-refractivity contribution < 1.29 is 14.2 Å². The second kappa shape index (κ2) is 5.49. The molecular weight excluding hydrogens is 242 g/mol. The van der Waals surface area contributed by atoms with E-state index in [1.807, 2.05) is 12.1 Å². The van der Waals surface area contributed by atoms with Crippen LogP contribution in [0.4, 0.5) is 0 Å². The van der Waals surface area contributed by atoms with Crippen molar-refractivity contribution in [2.45, 2.75) is 13.0 Å². The molecule has 2 aliphatic heterocycles. The molecular formula is C15H21NO3. The highest BCUT2D eigenvalue weighted by molar-refractivity contribution is 5.29. The molecule has 3 rings (SSSR count). The zero-order valence-corrected chi connectivity index (χ0v) is 11.4. The van der Waals surface area contributed by atoms with Gasteiger partial charge >= 0.3 is 0 Å². The van der Waals surface area contributed by atoms with Crippen LogP contribution in [0, 0.1) is 5.41 Å². The Morgan fingerprint density at radius 3 is 2.68 bits per heavy atom. The molecule has 0 amide bonds. The standard InChI is InChI=1S/C15H21NO3/c1-15(9-17-10-15)11-19-13-4-2-12(3-5-13)14-8-16-6-7-18-14/h2-5,14,16H,6-11H2,1H3. The minimum absolute atomic E-state index is 0.167. The van der Waals surface area contributed by atoms with Gasteiger partial charge in [-0.3, -0.25) is 0 Å². The summed E-state index contributed by atoms with van der Waals surface area (Å²) in [4.78, 5) is 0. The fourth-order valence-corrected chi connectivity index (χ4v) is 2.35. The second-order valence-corrected chi connectivity index (χ2v) is 5.72. The molecule has 4 nitrogen and oxygen atoms in total. The van der Waals surface area contributed by atoms with E-state index in [0.717, 1.165) is 38.7 Å². The first kappa shape index (κ1) is 12.9. The summed E-state index contributed by atoms with van der Waals surface area (Å²) in [6.45, 7) is 7.11. The van der Waals surface area contributed by atoms with E-state index >= 15 is 0 Å². The van der Waals surface area contributed by atoms with E-state index in [1.165, 1.54) is 5.56 Å². The molecule has 1 aromatic rings. The summed E-state index contributed by atoms with van der Waals surface area (Å²) in [5, 5.41) is 3.34. The van der Waals surface area contributed by atoms with E-state index in [9.17, 15) is 0 Å². The maximum atomic E-state index is 5.82. The van der Waals surface area contributed by atoms with Gasteiger partial charge in [0.1, 0.15) is 5.75 Å². The van der Waals surface area contributed by atoms with Crippen LogP contribution < -0.4 is 10.1 Å². The quantitative estimate of drug-likeness (QED) is 0.898. The Balaban J connectivity index is 1.55. The van der Waals surface area contributed by atoms with Gasteiger partial charge in [-0.05, 0) is 17.7 Å². The van der Waals surface area contributed by atoms with Crippen LogP contribution >= 0.6 is 0 Å². The Bertz CT molecular complexity index is 408. The molecule has 19 heavy (non-hydrogen) atoms. The van der Waals surface area contributed by atoms with Crippen LogP contribution in [-0.4, -0.2) is 39.5 Å². The van der Waals surface area contributed by atoms with E-state index in [0.29, 0.717) is 6.61 Å². The molecule has 0 spiro atoms. The predicted molar refractivity (Wildman–Crippen MR) is 72.4 cm³/mol. The summed E-state index contributed by atoms with van der Waals surface area (Å²) >= 11 is 0. The molecule has 0 aromatic heterocycles. The lowest BCUT2D eigenvalue weighted by Crippen LogP contribution is -2.44. The van der Waals surface area contributed by atoms with Gasteiger partial charge in [0.25, 0.3) is 0 Å². The number of morpholine rings is 1. The lowest BCUT2D eigenvalue weighted by Gasteiger charge is -2.37. The molecule has 2 aliphatic rings. The van der Waals surface area contributed by atoms with Crippen molar-refractivity contribution in [2.75, 3.05) is 39.5 Å². The Labute approximate surface area is 114 Å². The third kappa shape index (κ3) is 3.08. The Kier molecular flexibility index (Phi) is 3.73. The third-order valence-electron chi connectivity index (χ3n) is 3.67. The molecule has 2 fully saturated rings. The van der Waals surface area contributed by atoms with E-state index in [1.54, 1.807) is 0 Å². The average Bonchev–Trinajstić information content (AvgIpc) is 2.45. The molecule has 1 unspecified atom stereocenters. The van der Waals surface area contributed by atoms with E-state index in [4.69, 9.17) is 14.2 Å². The van der Waals surface area contributed by atoms with Gasteiger partial charge in [0.15, 0.2) is 0 Å². The second-order valence-electron chi connectivity index (χ2n) is 5.72. The van der Waals surface area contributed by atoms with E-state index in [2.05, 4.69) is 24.4 Å². The zero-order chi connectivity index (χ0) is 13.1. The van der Waals surface area contributed by atoms with Crippen molar-refractivity contribution in [3.8, 4) is 5.75 Å². The molecule has 1 aromatic carbocycles. The third-order valence-corrected chi connectivity index (χ3v) is 3.67. The Morgan fingerprint density at radius 2 is 2.11 bits per heavy atom. The van der Waals surface area contributed by atoms with E-state index < -0.39 is 0 Å². The Hall–Kier alpha value is -1.10. The van der Waals surface area contributed by atoms with Crippen molar-refractivity contribution in [2.24, 2.45) is 5.41 Å². The number of hydrogen-bond acceptors (Lipinski definition) is 4. The number of nitrogens with one attached hydrogen (secondary N) is 1. The summed E-state index contributed by atoms with van der Waals surface area (Å²) in [6.07, 6.45) is 0.167.